The molecule has 2 aromatic carbocycles. The van der Waals surface area contributed by atoms with Crippen molar-refractivity contribution in [3.63, 3.8) is 0 Å². The van der Waals surface area contributed by atoms with E-state index in [4.69, 9.17) is 4.74 Å². The fraction of sp³-hybridized carbons (Fsp3) is 0.286. The zero-order valence-electron chi connectivity index (χ0n) is 17.3. The van der Waals surface area contributed by atoms with E-state index in [1.165, 1.54) is 11.0 Å². The van der Waals surface area contributed by atoms with E-state index in [2.05, 4.69) is 26.2 Å². The van der Waals surface area contributed by atoms with Crippen molar-refractivity contribution >= 4 is 17.7 Å². The Bertz CT molecular complexity index is 1020. The van der Waals surface area contributed by atoms with E-state index in [0.29, 0.717) is 17.8 Å². The van der Waals surface area contributed by atoms with Crippen LogP contribution in [-0.4, -0.2) is 37.8 Å². The van der Waals surface area contributed by atoms with Gasteiger partial charge in [-0.15, -0.1) is 5.10 Å². The van der Waals surface area contributed by atoms with Gasteiger partial charge in [-0.3, -0.25) is 4.79 Å². The Hall–Kier alpha value is -3.75. The lowest BCUT2D eigenvalue weighted by molar-refractivity contribution is 0.0523. The zero-order chi connectivity index (χ0) is 21.7. The minimum absolute atomic E-state index is 0.237. The van der Waals surface area contributed by atoms with E-state index >= 15 is 0 Å². The predicted octanol–water partition coefficient (Wildman–Crippen LogP) is 3.25. The number of nitrogens with zero attached hydrogens (tertiary/aromatic N) is 4. The van der Waals surface area contributed by atoms with Gasteiger partial charge in [-0.1, -0.05) is 18.2 Å². The van der Waals surface area contributed by atoms with Gasteiger partial charge in [-0.25, -0.2) is 9.48 Å². The zero-order valence-corrected chi connectivity index (χ0v) is 17.3. The van der Waals surface area contributed by atoms with E-state index in [-0.39, 0.29) is 5.91 Å². The molecule has 0 aliphatic carbocycles. The Morgan fingerprint density at radius 1 is 1.10 bits per heavy atom. The first kappa shape index (κ1) is 21.0. The SMILES string of the molecule is Cc1c(NC(=O)c2ccc(CNC(=O)OC(C)(C)C)cc2)cccc1-n1cnnn1. The number of alkyl carbamates (subject to hydrolysis) is 1. The monoisotopic (exact) mass is 408 g/mol. The lowest BCUT2D eigenvalue weighted by atomic mass is 10.1. The number of rotatable bonds is 5. The molecule has 2 N–H and O–H groups in total. The smallest absolute Gasteiger partial charge is 0.407 e. The van der Waals surface area contributed by atoms with Crippen LogP contribution in [-0.2, 0) is 11.3 Å². The molecule has 1 aromatic heterocycles. The van der Waals surface area contributed by atoms with Gasteiger partial charge in [-0.05, 0) is 73.5 Å². The van der Waals surface area contributed by atoms with Crippen LogP contribution in [0, 0.1) is 6.92 Å². The van der Waals surface area contributed by atoms with Crippen LogP contribution in [0.25, 0.3) is 5.69 Å². The van der Waals surface area contributed by atoms with E-state index in [9.17, 15) is 9.59 Å². The van der Waals surface area contributed by atoms with Gasteiger partial charge in [-0.2, -0.15) is 0 Å². The molecule has 9 heteroatoms. The van der Waals surface area contributed by atoms with Gasteiger partial charge in [0.2, 0.25) is 0 Å². The molecule has 0 fully saturated rings. The van der Waals surface area contributed by atoms with E-state index in [1.54, 1.807) is 45.0 Å². The van der Waals surface area contributed by atoms with Crippen LogP contribution in [0.1, 0.15) is 42.3 Å². The molecular weight excluding hydrogens is 384 g/mol. The molecule has 3 rings (SSSR count). The van der Waals surface area contributed by atoms with Crippen molar-refractivity contribution in [2.75, 3.05) is 5.32 Å². The van der Waals surface area contributed by atoms with Crippen LogP contribution in [0.15, 0.2) is 48.8 Å². The Kier molecular flexibility index (Phi) is 6.10. The average molecular weight is 408 g/mol. The highest BCUT2D eigenvalue weighted by atomic mass is 16.6. The summed E-state index contributed by atoms with van der Waals surface area (Å²) in [5.41, 5.74) is 3.10. The summed E-state index contributed by atoms with van der Waals surface area (Å²) in [6.45, 7) is 7.61. The Morgan fingerprint density at radius 2 is 1.83 bits per heavy atom. The molecule has 1 heterocycles. The summed E-state index contributed by atoms with van der Waals surface area (Å²) >= 11 is 0. The lowest BCUT2D eigenvalue weighted by Gasteiger charge is -2.19. The van der Waals surface area contributed by atoms with Crippen molar-refractivity contribution in [1.82, 2.24) is 25.5 Å². The molecule has 30 heavy (non-hydrogen) atoms. The number of benzene rings is 2. The Morgan fingerprint density at radius 3 is 2.47 bits per heavy atom. The van der Waals surface area contributed by atoms with E-state index < -0.39 is 11.7 Å². The van der Waals surface area contributed by atoms with Gasteiger partial charge in [0.05, 0.1) is 5.69 Å². The number of hydrogen-bond acceptors (Lipinski definition) is 6. The highest BCUT2D eigenvalue weighted by Crippen LogP contribution is 2.22. The number of carbonyl (C=O) groups excluding carboxylic acids is 2. The standard InChI is InChI=1S/C21H24N6O3/c1-14-17(6-5-7-18(14)27-13-23-25-26-27)24-19(28)16-10-8-15(9-11-16)12-22-20(29)30-21(2,3)4/h5-11,13H,12H2,1-4H3,(H,22,29)(H,24,28). The van der Waals surface area contributed by atoms with Crippen LogP contribution in [0.4, 0.5) is 10.5 Å². The third-order valence-corrected chi connectivity index (χ3v) is 4.20. The van der Waals surface area contributed by atoms with Crippen LogP contribution in [0.2, 0.25) is 0 Å². The van der Waals surface area contributed by atoms with E-state index in [0.717, 1.165) is 16.8 Å². The fourth-order valence-corrected chi connectivity index (χ4v) is 2.74. The summed E-state index contributed by atoms with van der Waals surface area (Å²) in [7, 11) is 0. The first-order chi connectivity index (χ1) is 14.2. The van der Waals surface area contributed by atoms with Crippen molar-refractivity contribution in [2.45, 2.75) is 39.8 Å². The van der Waals surface area contributed by atoms with Gasteiger partial charge >= 0.3 is 6.09 Å². The molecule has 0 aliphatic rings. The minimum Gasteiger partial charge on any atom is -0.444 e. The second-order valence-corrected chi connectivity index (χ2v) is 7.71. The molecular formula is C21H24N6O3. The topological polar surface area (TPSA) is 111 Å². The average Bonchev–Trinajstić information content (AvgIpc) is 3.21. The lowest BCUT2D eigenvalue weighted by Crippen LogP contribution is -2.32. The summed E-state index contributed by atoms with van der Waals surface area (Å²) in [6, 6.07) is 12.5. The number of ether oxygens (including phenoxy) is 1. The molecule has 0 unspecified atom stereocenters. The van der Waals surface area contributed by atoms with Gasteiger partial charge in [0.25, 0.3) is 5.91 Å². The number of hydrogen-bond donors (Lipinski definition) is 2. The maximum absolute atomic E-state index is 12.7. The molecule has 2 amide bonds. The van der Waals surface area contributed by atoms with Gasteiger partial charge in [0, 0.05) is 17.8 Å². The van der Waals surface area contributed by atoms with Crippen molar-refractivity contribution in [1.29, 1.82) is 0 Å². The largest absolute Gasteiger partial charge is 0.444 e. The van der Waals surface area contributed by atoms with Crippen molar-refractivity contribution < 1.29 is 14.3 Å². The minimum atomic E-state index is -0.550. The van der Waals surface area contributed by atoms with Gasteiger partial charge in [0.1, 0.15) is 11.9 Å². The number of carbonyl (C=O) groups is 2. The first-order valence-electron chi connectivity index (χ1n) is 9.43. The second kappa shape index (κ2) is 8.73. The normalized spacial score (nSPS) is 11.1. The molecule has 0 radical (unpaired) electrons. The Labute approximate surface area is 174 Å². The third-order valence-electron chi connectivity index (χ3n) is 4.20. The number of aromatic nitrogens is 4. The second-order valence-electron chi connectivity index (χ2n) is 7.71. The van der Waals surface area contributed by atoms with Crippen LogP contribution in [0.3, 0.4) is 0 Å². The molecule has 0 spiro atoms. The number of amides is 2. The summed E-state index contributed by atoms with van der Waals surface area (Å²) in [6.07, 6.45) is 1.01. The maximum Gasteiger partial charge on any atom is 0.407 e. The first-order valence-corrected chi connectivity index (χ1v) is 9.43. The molecule has 0 atom stereocenters. The van der Waals surface area contributed by atoms with Crippen LogP contribution < -0.4 is 10.6 Å². The maximum atomic E-state index is 12.7. The number of tetrazole rings is 1. The quantitative estimate of drug-likeness (QED) is 0.670. The molecule has 0 aliphatic heterocycles. The van der Waals surface area contributed by atoms with Crippen LogP contribution >= 0.6 is 0 Å². The summed E-state index contributed by atoms with van der Waals surface area (Å²) < 4.78 is 6.75. The molecule has 3 aromatic rings. The van der Waals surface area contributed by atoms with Crippen molar-refractivity contribution in [3.05, 3.63) is 65.5 Å². The fourth-order valence-electron chi connectivity index (χ4n) is 2.74. The number of anilines is 1. The van der Waals surface area contributed by atoms with E-state index in [1.807, 2.05) is 25.1 Å². The van der Waals surface area contributed by atoms with Gasteiger partial charge in [0.15, 0.2) is 0 Å². The number of nitrogens with one attached hydrogen (secondary N) is 2. The van der Waals surface area contributed by atoms with Crippen molar-refractivity contribution in [2.24, 2.45) is 0 Å². The van der Waals surface area contributed by atoms with Crippen LogP contribution in [0.5, 0.6) is 0 Å². The molecule has 156 valence electrons. The van der Waals surface area contributed by atoms with Crippen molar-refractivity contribution in [3.8, 4) is 5.69 Å². The Balaban J connectivity index is 1.63. The third kappa shape index (κ3) is 5.40. The highest BCUT2D eigenvalue weighted by Gasteiger charge is 2.16. The highest BCUT2D eigenvalue weighted by molar-refractivity contribution is 6.04. The predicted molar refractivity (Wildman–Crippen MR) is 111 cm³/mol. The molecule has 9 nitrogen and oxygen atoms in total. The molecule has 0 saturated carbocycles. The summed E-state index contributed by atoms with van der Waals surface area (Å²) in [4.78, 5) is 24.4. The molecule has 0 bridgehead atoms. The van der Waals surface area contributed by atoms with Gasteiger partial charge < -0.3 is 15.4 Å². The summed E-state index contributed by atoms with van der Waals surface area (Å²) in [5, 5.41) is 16.8. The molecule has 0 saturated heterocycles. The summed E-state index contributed by atoms with van der Waals surface area (Å²) in [5.74, 6) is -0.237.